The fraction of sp³-hybridized carbons (Fsp3) is 0.167. The molecule has 5 heteroatoms. The number of aryl methyl sites for hydroxylation is 1. The van der Waals surface area contributed by atoms with E-state index >= 15 is 0 Å². The van der Waals surface area contributed by atoms with Gasteiger partial charge < -0.3 is 10.8 Å². The zero-order chi connectivity index (χ0) is 12.3. The second kappa shape index (κ2) is 4.69. The first-order chi connectivity index (χ1) is 8.15. The van der Waals surface area contributed by atoms with Crippen LogP contribution < -0.4 is 5.73 Å². The van der Waals surface area contributed by atoms with Gasteiger partial charge in [0, 0.05) is 6.42 Å². The fourth-order valence-electron chi connectivity index (χ4n) is 1.54. The molecule has 2 aromatic rings. The molecule has 5 nitrogen and oxygen atoms in total. The van der Waals surface area contributed by atoms with E-state index in [0.717, 1.165) is 11.3 Å². The Balaban J connectivity index is 2.10. The van der Waals surface area contributed by atoms with E-state index in [-0.39, 0.29) is 6.42 Å². The second-order valence-electron chi connectivity index (χ2n) is 3.78. The highest BCUT2D eigenvalue weighted by molar-refractivity contribution is 5.67. The van der Waals surface area contributed by atoms with Gasteiger partial charge in [-0.15, -0.1) is 0 Å². The van der Waals surface area contributed by atoms with Crippen LogP contribution in [0.4, 0.5) is 5.69 Å². The summed E-state index contributed by atoms with van der Waals surface area (Å²) in [5.41, 5.74) is 8.09. The Morgan fingerprint density at radius 3 is 2.59 bits per heavy atom. The number of carboxylic acid groups (broad SMARTS) is 1. The summed E-state index contributed by atoms with van der Waals surface area (Å²) in [4.78, 5) is 10.4. The van der Waals surface area contributed by atoms with Crippen LogP contribution in [0.3, 0.4) is 0 Å². The first-order valence-electron chi connectivity index (χ1n) is 5.26. The van der Waals surface area contributed by atoms with Gasteiger partial charge >= 0.3 is 5.97 Å². The molecule has 0 aliphatic heterocycles. The lowest BCUT2D eigenvalue weighted by molar-refractivity contribution is -0.136. The molecule has 1 aromatic carbocycles. The Labute approximate surface area is 98.5 Å². The number of aromatic nitrogens is 2. The minimum atomic E-state index is -0.783. The molecule has 0 bridgehead atoms. The van der Waals surface area contributed by atoms with Gasteiger partial charge in [0.15, 0.2) is 0 Å². The van der Waals surface area contributed by atoms with E-state index in [1.807, 2.05) is 24.3 Å². The van der Waals surface area contributed by atoms with Crippen molar-refractivity contribution in [2.45, 2.75) is 12.8 Å². The number of hydrogen-bond acceptors (Lipinski definition) is 3. The number of hydrogen-bond donors (Lipinski definition) is 2. The van der Waals surface area contributed by atoms with Gasteiger partial charge in [0.25, 0.3) is 0 Å². The lowest BCUT2D eigenvalue weighted by Crippen LogP contribution is -1.98. The van der Waals surface area contributed by atoms with Crippen molar-refractivity contribution in [3.63, 3.8) is 0 Å². The number of rotatable bonds is 4. The first kappa shape index (κ1) is 11.2. The van der Waals surface area contributed by atoms with Crippen LogP contribution in [0.15, 0.2) is 36.7 Å². The van der Waals surface area contributed by atoms with Crippen molar-refractivity contribution in [1.82, 2.24) is 9.78 Å². The lowest BCUT2D eigenvalue weighted by atomic mass is 10.1. The van der Waals surface area contributed by atoms with Crippen molar-refractivity contribution >= 4 is 11.7 Å². The van der Waals surface area contributed by atoms with Crippen LogP contribution in [0.25, 0.3) is 5.69 Å². The summed E-state index contributed by atoms with van der Waals surface area (Å²) >= 11 is 0. The number of benzene rings is 1. The summed E-state index contributed by atoms with van der Waals surface area (Å²) in [5, 5.41) is 12.7. The molecule has 88 valence electrons. The normalized spacial score (nSPS) is 10.4. The van der Waals surface area contributed by atoms with E-state index in [0.29, 0.717) is 12.1 Å². The molecule has 0 amide bonds. The smallest absolute Gasteiger partial charge is 0.303 e. The predicted molar refractivity (Wildman–Crippen MR) is 63.9 cm³/mol. The summed E-state index contributed by atoms with van der Waals surface area (Å²) in [7, 11) is 0. The summed E-state index contributed by atoms with van der Waals surface area (Å²) < 4.78 is 1.68. The molecule has 0 fully saturated rings. The van der Waals surface area contributed by atoms with Gasteiger partial charge in [-0.25, -0.2) is 4.68 Å². The minimum Gasteiger partial charge on any atom is -0.481 e. The van der Waals surface area contributed by atoms with Crippen LogP contribution in [0.1, 0.15) is 12.0 Å². The van der Waals surface area contributed by atoms with E-state index in [1.165, 1.54) is 0 Å². The van der Waals surface area contributed by atoms with Crippen LogP contribution in [0.2, 0.25) is 0 Å². The predicted octanol–water partition coefficient (Wildman–Crippen LogP) is 1.47. The van der Waals surface area contributed by atoms with Gasteiger partial charge in [0.2, 0.25) is 0 Å². The SMILES string of the molecule is Nc1cnn(-c2ccc(CCC(=O)O)cc2)c1. The number of carbonyl (C=O) groups is 1. The molecule has 0 radical (unpaired) electrons. The third-order valence-corrected chi connectivity index (χ3v) is 2.43. The number of nitrogens with two attached hydrogens (primary N) is 1. The van der Waals surface area contributed by atoms with Crippen molar-refractivity contribution < 1.29 is 9.90 Å². The summed E-state index contributed by atoms with van der Waals surface area (Å²) in [6.45, 7) is 0. The number of carboxylic acids is 1. The fourth-order valence-corrected chi connectivity index (χ4v) is 1.54. The van der Waals surface area contributed by atoms with Gasteiger partial charge in [-0.3, -0.25) is 4.79 Å². The van der Waals surface area contributed by atoms with Crippen molar-refractivity contribution in [2.75, 3.05) is 5.73 Å². The highest BCUT2D eigenvalue weighted by Gasteiger charge is 2.01. The molecule has 1 aromatic heterocycles. The Kier molecular flexibility index (Phi) is 3.09. The molecular weight excluding hydrogens is 218 g/mol. The highest BCUT2D eigenvalue weighted by atomic mass is 16.4. The molecule has 17 heavy (non-hydrogen) atoms. The van der Waals surface area contributed by atoms with Gasteiger partial charge in [-0.2, -0.15) is 5.10 Å². The zero-order valence-electron chi connectivity index (χ0n) is 9.21. The van der Waals surface area contributed by atoms with E-state index in [1.54, 1.807) is 17.1 Å². The van der Waals surface area contributed by atoms with Crippen LogP contribution >= 0.6 is 0 Å². The third-order valence-electron chi connectivity index (χ3n) is 2.43. The van der Waals surface area contributed by atoms with E-state index < -0.39 is 5.97 Å². The topological polar surface area (TPSA) is 81.1 Å². The van der Waals surface area contributed by atoms with Crippen LogP contribution in [-0.4, -0.2) is 20.9 Å². The monoisotopic (exact) mass is 231 g/mol. The maximum absolute atomic E-state index is 10.4. The quantitative estimate of drug-likeness (QED) is 0.834. The summed E-state index contributed by atoms with van der Waals surface area (Å²) in [6, 6.07) is 7.58. The third kappa shape index (κ3) is 2.84. The second-order valence-corrected chi connectivity index (χ2v) is 3.78. The van der Waals surface area contributed by atoms with E-state index in [9.17, 15) is 4.79 Å². The number of nitrogens with zero attached hydrogens (tertiary/aromatic N) is 2. The Morgan fingerprint density at radius 1 is 1.35 bits per heavy atom. The summed E-state index contributed by atoms with van der Waals surface area (Å²) in [6.07, 6.45) is 4.00. The number of aliphatic carboxylic acids is 1. The highest BCUT2D eigenvalue weighted by Crippen LogP contribution is 2.12. The van der Waals surface area contributed by atoms with Crippen molar-refractivity contribution in [2.24, 2.45) is 0 Å². The first-order valence-corrected chi connectivity index (χ1v) is 5.26. The number of nitrogen functional groups attached to an aromatic ring is 1. The van der Waals surface area contributed by atoms with Crippen molar-refractivity contribution in [3.8, 4) is 5.69 Å². The molecule has 0 saturated heterocycles. The molecule has 1 heterocycles. The van der Waals surface area contributed by atoms with E-state index in [2.05, 4.69) is 5.10 Å². The van der Waals surface area contributed by atoms with Crippen LogP contribution in [-0.2, 0) is 11.2 Å². The van der Waals surface area contributed by atoms with Gasteiger partial charge in [-0.05, 0) is 24.1 Å². The molecule has 0 saturated carbocycles. The summed E-state index contributed by atoms with van der Waals surface area (Å²) in [5.74, 6) is -0.783. The Morgan fingerprint density at radius 2 is 2.06 bits per heavy atom. The average molecular weight is 231 g/mol. The maximum atomic E-state index is 10.4. The largest absolute Gasteiger partial charge is 0.481 e. The van der Waals surface area contributed by atoms with Gasteiger partial charge in [0.05, 0.1) is 23.8 Å². The maximum Gasteiger partial charge on any atom is 0.303 e. The molecular formula is C12H13N3O2. The van der Waals surface area contributed by atoms with Crippen molar-refractivity contribution in [1.29, 1.82) is 0 Å². The van der Waals surface area contributed by atoms with E-state index in [4.69, 9.17) is 10.8 Å². The average Bonchev–Trinajstić information content (AvgIpc) is 2.74. The molecule has 2 rings (SSSR count). The Hall–Kier alpha value is -2.30. The molecule has 3 N–H and O–H groups in total. The molecule has 0 aliphatic rings. The lowest BCUT2D eigenvalue weighted by Gasteiger charge is -2.03. The molecule has 0 aliphatic carbocycles. The standard InChI is InChI=1S/C12H13N3O2/c13-10-7-14-15(8-10)11-4-1-9(2-5-11)3-6-12(16)17/h1-2,4-5,7-8H,3,6,13H2,(H,16,17). The van der Waals surface area contributed by atoms with Crippen molar-refractivity contribution in [3.05, 3.63) is 42.2 Å². The minimum absolute atomic E-state index is 0.147. The Bertz CT molecular complexity index is 517. The van der Waals surface area contributed by atoms with Gasteiger partial charge in [-0.1, -0.05) is 12.1 Å². The van der Waals surface area contributed by atoms with Crippen LogP contribution in [0, 0.1) is 0 Å². The zero-order valence-corrected chi connectivity index (χ0v) is 9.21. The number of anilines is 1. The molecule has 0 spiro atoms. The molecule has 0 atom stereocenters. The molecule has 0 unspecified atom stereocenters. The van der Waals surface area contributed by atoms with Crippen LogP contribution in [0.5, 0.6) is 0 Å². The van der Waals surface area contributed by atoms with Gasteiger partial charge in [0.1, 0.15) is 0 Å².